The molecule has 0 fully saturated rings. The van der Waals surface area contributed by atoms with Gasteiger partial charge in [0.05, 0.1) is 24.0 Å². The average Bonchev–Trinajstić information content (AvgIpc) is 2.40. The first-order valence-corrected chi connectivity index (χ1v) is 8.58. The summed E-state index contributed by atoms with van der Waals surface area (Å²) in [5.41, 5.74) is 0.921. The highest BCUT2D eigenvalue weighted by Crippen LogP contribution is 2.13. The van der Waals surface area contributed by atoms with E-state index in [4.69, 9.17) is 10.00 Å². The molecule has 5 heteroatoms. The number of nitriles is 1. The van der Waals surface area contributed by atoms with Crippen molar-refractivity contribution >= 4 is 9.84 Å². The molecule has 1 aromatic rings. The van der Waals surface area contributed by atoms with E-state index < -0.39 is 9.84 Å². The van der Waals surface area contributed by atoms with Gasteiger partial charge in [-0.15, -0.1) is 0 Å². The molecule has 20 heavy (non-hydrogen) atoms. The van der Waals surface area contributed by atoms with Gasteiger partial charge in [-0.3, -0.25) is 0 Å². The van der Waals surface area contributed by atoms with E-state index in [1.807, 2.05) is 26.0 Å². The van der Waals surface area contributed by atoms with Crippen LogP contribution in [0.1, 0.15) is 25.8 Å². The fraction of sp³-hybridized carbons (Fsp3) is 0.533. The lowest BCUT2D eigenvalue weighted by Gasteiger charge is -2.10. The van der Waals surface area contributed by atoms with Crippen LogP contribution in [0.2, 0.25) is 0 Å². The Morgan fingerprint density at radius 2 is 1.95 bits per heavy atom. The van der Waals surface area contributed by atoms with Gasteiger partial charge < -0.3 is 4.74 Å². The van der Waals surface area contributed by atoms with E-state index in [-0.39, 0.29) is 24.0 Å². The van der Waals surface area contributed by atoms with E-state index >= 15 is 0 Å². The highest BCUT2D eigenvalue weighted by molar-refractivity contribution is 7.91. The summed E-state index contributed by atoms with van der Waals surface area (Å²) in [7, 11) is -3.05. The molecule has 0 spiro atoms. The van der Waals surface area contributed by atoms with Crippen molar-refractivity contribution in [1.82, 2.24) is 0 Å². The SMILES string of the molecule is CCC(C)CS(=O)(=O)CCOc1ccc(CC#N)cc1. The van der Waals surface area contributed by atoms with Crippen molar-refractivity contribution in [3.8, 4) is 11.8 Å². The Kier molecular flexibility index (Phi) is 6.53. The maximum atomic E-state index is 11.8. The number of rotatable bonds is 8. The zero-order valence-electron chi connectivity index (χ0n) is 12.0. The van der Waals surface area contributed by atoms with Crippen LogP contribution < -0.4 is 4.74 Å². The quantitative estimate of drug-likeness (QED) is 0.739. The van der Waals surface area contributed by atoms with Crippen LogP contribution in [-0.2, 0) is 16.3 Å². The van der Waals surface area contributed by atoms with Crippen molar-refractivity contribution in [2.24, 2.45) is 5.92 Å². The monoisotopic (exact) mass is 295 g/mol. The number of sulfone groups is 1. The van der Waals surface area contributed by atoms with Gasteiger partial charge >= 0.3 is 0 Å². The standard InChI is InChI=1S/C15H21NO3S/c1-3-13(2)12-20(17,18)11-10-19-15-6-4-14(5-7-15)8-9-16/h4-7,13H,3,8,10-12H2,1-2H3. The van der Waals surface area contributed by atoms with E-state index in [9.17, 15) is 8.42 Å². The Hall–Kier alpha value is -1.54. The van der Waals surface area contributed by atoms with Crippen LogP contribution in [-0.4, -0.2) is 26.5 Å². The number of nitrogens with zero attached hydrogens (tertiary/aromatic N) is 1. The van der Waals surface area contributed by atoms with Gasteiger partial charge in [0.1, 0.15) is 12.4 Å². The fourth-order valence-electron chi connectivity index (χ4n) is 1.72. The van der Waals surface area contributed by atoms with Crippen LogP contribution in [0.5, 0.6) is 5.75 Å². The molecule has 0 radical (unpaired) electrons. The Labute approximate surface area is 121 Å². The molecule has 110 valence electrons. The largest absolute Gasteiger partial charge is 0.493 e. The normalized spacial score (nSPS) is 12.7. The van der Waals surface area contributed by atoms with Crippen LogP contribution in [0.4, 0.5) is 0 Å². The second kappa shape index (κ2) is 7.91. The van der Waals surface area contributed by atoms with Crippen molar-refractivity contribution in [2.75, 3.05) is 18.1 Å². The first-order valence-electron chi connectivity index (χ1n) is 6.76. The lowest BCUT2D eigenvalue weighted by molar-refractivity contribution is 0.340. The Morgan fingerprint density at radius 3 is 2.50 bits per heavy atom. The van der Waals surface area contributed by atoms with Gasteiger partial charge in [0.15, 0.2) is 9.84 Å². The lowest BCUT2D eigenvalue weighted by atomic mass is 10.2. The molecular formula is C15H21NO3S. The summed E-state index contributed by atoms with van der Waals surface area (Å²) in [6.07, 6.45) is 1.23. The van der Waals surface area contributed by atoms with E-state index in [1.165, 1.54) is 0 Å². The van der Waals surface area contributed by atoms with Crippen molar-refractivity contribution in [2.45, 2.75) is 26.7 Å². The van der Waals surface area contributed by atoms with E-state index in [1.54, 1.807) is 12.1 Å². The zero-order chi connectivity index (χ0) is 15.0. The number of hydrogen-bond acceptors (Lipinski definition) is 4. The fourth-order valence-corrected chi connectivity index (χ4v) is 3.32. The topological polar surface area (TPSA) is 67.2 Å². The molecule has 1 aromatic carbocycles. The molecule has 0 aliphatic carbocycles. The smallest absolute Gasteiger partial charge is 0.153 e. The molecule has 0 bridgehead atoms. The van der Waals surface area contributed by atoms with Crippen LogP contribution in [0.3, 0.4) is 0 Å². The Morgan fingerprint density at radius 1 is 1.30 bits per heavy atom. The summed E-state index contributed by atoms with van der Waals surface area (Å²) in [6, 6.07) is 9.21. The van der Waals surface area contributed by atoms with E-state index in [0.29, 0.717) is 12.2 Å². The molecule has 0 N–H and O–H groups in total. The third-order valence-corrected chi connectivity index (χ3v) is 4.97. The van der Waals surface area contributed by atoms with Gasteiger partial charge in [0, 0.05) is 0 Å². The predicted octanol–water partition coefficient (Wildman–Crippen LogP) is 2.59. The third kappa shape index (κ3) is 6.07. The molecule has 0 heterocycles. The summed E-state index contributed by atoms with van der Waals surface area (Å²) < 4.78 is 29.1. The van der Waals surface area contributed by atoms with Gasteiger partial charge in [-0.2, -0.15) is 5.26 Å². The molecule has 1 atom stereocenters. The summed E-state index contributed by atoms with van der Waals surface area (Å²) in [5, 5.41) is 8.56. The minimum atomic E-state index is -3.05. The van der Waals surface area contributed by atoms with Gasteiger partial charge in [-0.05, 0) is 23.6 Å². The van der Waals surface area contributed by atoms with Crippen LogP contribution in [0, 0.1) is 17.2 Å². The summed E-state index contributed by atoms with van der Waals surface area (Å²) in [6.45, 7) is 4.09. The minimum Gasteiger partial charge on any atom is -0.493 e. The van der Waals surface area contributed by atoms with Crippen LogP contribution >= 0.6 is 0 Å². The van der Waals surface area contributed by atoms with Gasteiger partial charge in [0.25, 0.3) is 0 Å². The van der Waals surface area contributed by atoms with E-state index in [2.05, 4.69) is 6.07 Å². The number of ether oxygens (including phenoxy) is 1. The second-order valence-electron chi connectivity index (χ2n) is 4.96. The molecule has 1 unspecified atom stereocenters. The summed E-state index contributed by atoms with van der Waals surface area (Å²) in [4.78, 5) is 0. The first kappa shape index (κ1) is 16.5. The molecule has 4 nitrogen and oxygen atoms in total. The molecule has 1 rings (SSSR count). The van der Waals surface area contributed by atoms with Gasteiger partial charge in [-0.1, -0.05) is 32.4 Å². The lowest BCUT2D eigenvalue weighted by Crippen LogP contribution is -2.20. The van der Waals surface area contributed by atoms with Crippen molar-refractivity contribution < 1.29 is 13.2 Å². The maximum Gasteiger partial charge on any atom is 0.153 e. The summed E-state index contributed by atoms with van der Waals surface area (Å²) in [5.74, 6) is 1.07. The minimum absolute atomic E-state index is 0.0390. The van der Waals surface area contributed by atoms with Gasteiger partial charge in [-0.25, -0.2) is 8.42 Å². The Balaban J connectivity index is 2.42. The van der Waals surface area contributed by atoms with Crippen molar-refractivity contribution in [1.29, 1.82) is 5.26 Å². The molecular weight excluding hydrogens is 274 g/mol. The number of hydrogen-bond donors (Lipinski definition) is 0. The predicted molar refractivity (Wildman–Crippen MR) is 79.4 cm³/mol. The second-order valence-corrected chi connectivity index (χ2v) is 7.18. The molecule has 0 saturated carbocycles. The summed E-state index contributed by atoms with van der Waals surface area (Å²) >= 11 is 0. The molecule has 0 saturated heterocycles. The van der Waals surface area contributed by atoms with Gasteiger partial charge in [0.2, 0.25) is 0 Å². The highest BCUT2D eigenvalue weighted by Gasteiger charge is 2.14. The average molecular weight is 295 g/mol. The highest BCUT2D eigenvalue weighted by atomic mass is 32.2. The maximum absolute atomic E-state index is 11.8. The molecule has 0 aromatic heterocycles. The van der Waals surface area contributed by atoms with Crippen LogP contribution in [0.25, 0.3) is 0 Å². The Bertz CT molecular complexity index is 543. The van der Waals surface area contributed by atoms with Crippen molar-refractivity contribution in [3.05, 3.63) is 29.8 Å². The number of benzene rings is 1. The van der Waals surface area contributed by atoms with Crippen LogP contribution in [0.15, 0.2) is 24.3 Å². The molecule has 0 aliphatic rings. The molecule has 0 amide bonds. The first-order chi connectivity index (χ1) is 9.46. The van der Waals surface area contributed by atoms with Crippen molar-refractivity contribution in [3.63, 3.8) is 0 Å². The van der Waals surface area contributed by atoms with E-state index in [0.717, 1.165) is 12.0 Å². The zero-order valence-corrected chi connectivity index (χ0v) is 12.8. The molecule has 0 aliphatic heterocycles. The third-order valence-electron chi connectivity index (χ3n) is 3.10.